The van der Waals surface area contributed by atoms with E-state index in [0.29, 0.717) is 48.7 Å². The van der Waals surface area contributed by atoms with E-state index in [0.717, 1.165) is 0 Å². The largest absolute Gasteiger partial charge is 1.00 e. The van der Waals surface area contributed by atoms with E-state index in [-0.39, 0.29) is 87.6 Å². The van der Waals surface area contributed by atoms with Crippen molar-refractivity contribution >= 4 is 87.6 Å². The molecule has 0 radical (unpaired) electrons. The SMILES string of the molecule is CS(=O)(=O)Nc1cc(S(=O)(=O)Nc2cc(S(=O)(=O)[O-])cc(S(=O)(=O)[O-])c2)cc(S(=O)(=O)Nc2cc(S(=O)(=O)[O-])cc(S(=O)(=O)[O-])c2)c1.[Li+].[Li+].[Li+].[Li+]. The molecule has 21 nitrogen and oxygen atoms in total. The Morgan fingerprint density at radius 2 is 0.549 bits per heavy atom. The van der Waals surface area contributed by atoms with Gasteiger partial charge >= 0.3 is 75.4 Å². The summed E-state index contributed by atoms with van der Waals surface area (Å²) in [5.74, 6) is 0. The van der Waals surface area contributed by atoms with Crippen LogP contribution in [0.5, 0.6) is 0 Å². The van der Waals surface area contributed by atoms with Gasteiger partial charge in [-0.2, -0.15) is 0 Å². The van der Waals surface area contributed by atoms with Crippen molar-refractivity contribution in [2.45, 2.75) is 29.4 Å². The van der Waals surface area contributed by atoms with Gasteiger partial charge in [0.05, 0.1) is 52.7 Å². The summed E-state index contributed by atoms with van der Waals surface area (Å²) < 4.78 is 219. The Labute approximate surface area is 341 Å². The minimum atomic E-state index is -5.50. The van der Waals surface area contributed by atoms with E-state index in [1.54, 1.807) is 14.2 Å². The smallest absolute Gasteiger partial charge is 0.744 e. The molecule has 3 rings (SSSR count). The fourth-order valence-electron chi connectivity index (χ4n) is 3.42. The fourth-order valence-corrected chi connectivity index (χ4v) is 8.58. The van der Waals surface area contributed by atoms with Gasteiger partial charge in [0.2, 0.25) is 10.0 Å². The van der Waals surface area contributed by atoms with Crippen LogP contribution < -0.4 is 89.6 Å². The molecule has 3 aromatic rings. The van der Waals surface area contributed by atoms with Crippen LogP contribution in [0.1, 0.15) is 0 Å². The Bertz CT molecular complexity index is 2340. The van der Waals surface area contributed by atoms with Crippen molar-refractivity contribution in [1.82, 2.24) is 0 Å². The Balaban J connectivity index is 0. The predicted octanol–water partition coefficient (Wildman–Crippen LogP) is -13.7. The maximum atomic E-state index is 13.2. The van der Waals surface area contributed by atoms with E-state index in [2.05, 4.69) is 0 Å². The Morgan fingerprint density at radius 3 is 0.765 bits per heavy atom. The third-order valence-corrected chi connectivity index (χ3v) is 11.8. The summed E-state index contributed by atoms with van der Waals surface area (Å²) in [5.41, 5.74) is -2.85. The molecule has 0 aliphatic rings. The summed E-state index contributed by atoms with van der Waals surface area (Å²) >= 11 is 0. The van der Waals surface area contributed by atoms with Crippen molar-refractivity contribution in [3.63, 3.8) is 0 Å². The van der Waals surface area contributed by atoms with Crippen LogP contribution in [-0.4, -0.2) is 83.4 Å². The second-order valence-electron chi connectivity index (χ2n) is 8.98. The van der Waals surface area contributed by atoms with Crippen molar-refractivity contribution in [1.29, 1.82) is 0 Å². The summed E-state index contributed by atoms with van der Waals surface area (Å²) in [6, 6.07) is 2.74. The van der Waals surface area contributed by atoms with Crippen LogP contribution in [-0.2, 0) is 70.5 Å². The summed E-state index contributed by atoms with van der Waals surface area (Å²) in [6.45, 7) is 0. The maximum Gasteiger partial charge on any atom is 1.00 e. The third-order valence-electron chi connectivity index (χ3n) is 5.22. The van der Waals surface area contributed by atoms with Crippen molar-refractivity contribution < 1.29 is 153 Å². The van der Waals surface area contributed by atoms with E-state index in [4.69, 9.17) is 0 Å². The van der Waals surface area contributed by atoms with Crippen LogP contribution in [0.25, 0.3) is 0 Å². The minimum Gasteiger partial charge on any atom is -0.744 e. The molecule has 3 aromatic carbocycles. The molecule has 51 heavy (non-hydrogen) atoms. The van der Waals surface area contributed by atoms with Crippen LogP contribution in [0, 0.1) is 0 Å². The molecule has 0 aromatic heterocycles. The number of benzene rings is 3. The number of rotatable bonds is 12. The average molecular weight is 826 g/mol. The predicted molar refractivity (Wildman–Crippen MR) is 151 cm³/mol. The zero-order chi connectivity index (χ0) is 36.2. The molecule has 0 heterocycles. The van der Waals surface area contributed by atoms with Gasteiger partial charge in [0.15, 0.2) is 0 Å². The second kappa shape index (κ2) is 17.6. The molecule has 0 aliphatic heterocycles. The van der Waals surface area contributed by atoms with Crippen molar-refractivity contribution in [3.8, 4) is 0 Å². The molecule has 0 aliphatic carbocycles. The first-order valence-corrected chi connectivity index (χ1v) is 21.7. The Morgan fingerprint density at radius 1 is 0.353 bits per heavy atom. The second-order valence-corrected chi connectivity index (χ2v) is 19.6. The Kier molecular flexibility index (Phi) is 18.0. The van der Waals surface area contributed by atoms with Gasteiger partial charge in [0, 0.05) is 0 Å². The quantitative estimate of drug-likeness (QED) is 0.113. The van der Waals surface area contributed by atoms with Crippen molar-refractivity contribution in [3.05, 3.63) is 54.6 Å². The van der Waals surface area contributed by atoms with E-state index >= 15 is 0 Å². The zero-order valence-electron chi connectivity index (χ0n) is 26.4. The van der Waals surface area contributed by atoms with Gasteiger partial charge in [-0.15, -0.1) is 0 Å². The number of hydrogen-bond donors (Lipinski definition) is 3. The standard InChI is InChI=1S/C19H19N3O18S7.4Li/c1-41(23,24)20-11-2-14(42(25,26)21-12-4-16(44(29,30)31)9-17(5-12)45(32,33)34)8-15(3-11)43(27,28)22-13-6-18(46(35,36)37)10-19(7-13)47(38,39)40;;;;/h2-10,20-22H,1H3,(H,29,30,31)(H,32,33,34)(H,35,36,37)(H,38,39,40);;;;/q;4*+1/p-4. The number of hydrogen-bond acceptors (Lipinski definition) is 18. The van der Waals surface area contributed by atoms with Gasteiger partial charge in [0.1, 0.15) is 40.5 Å². The normalized spacial score (nSPS) is 12.5. The zero-order valence-corrected chi connectivity index (χ0v) is 32.1. The summed E-state index contributed by atoms with van der Waals surface area (Å²) in [4.78, 5) is -7.87. The molecular formula is C19H15Li4N3O18S7. The van der Waals surface area contributed by atoms with Gasteiger partial charge in [0.25, 0.3) is 20.0 Å². The molecule has 0 saturated heterocycles. The molecule has 32 heteroatoms. The molecule has 0 amide bonds. The van der Waals surface area contributed by atoms with E-state index in [1.165, 1.54) is 0 Å². The third kappa shape index (κ3) is 14.6. The molecule has 3 N–H and O–H groups in total. The average Bonchev–Trinajstić information content (AvgIpc) is 2.84. The first-order chi connectivity index (χ1) is 20.9. The van der Waals surface area contributed by atoms with E-state index in [1.807, 2.05) is 0 Å². The van der Waals surface area contributed by atoms with Crippen molar-refractivity contribution in [2.75, 3.05) is 20.4 Å². The topological polar surface area (TPSA) is 367 Å². The monoisotopic (exact) mass is 825 g/mol. The molecular weight excluding hydrogens is 810 g/mol. The molecule has 260 valence electrons. The first kappa shape index (κ1) is 52.0. The number of anilines is 3. The summed E-state index contributed by atoms with van der Waals surface area (Å²) in [7, 11) is -36.8. The van der Waals surface area contributed by atoms with Gasteiger partial charge in [-0.05, 0) is 54.6 Å². The van der Waals surface area contributed by atoms with E-state index < -0.39 is 117 Å². The molecule has 0 saturated carbocycles. The van der Waals surface area contributed by atoms with E-state index in [9.17, 15) is 77.1 Å². The van der Waals surface area contributed by atoms with Crippen LogP contribution in [0.15, 0.2) is 84.0 Å². The Hall–Kier alpha value is -1.06. The minimum absolute atomic E-state index is 0. The maximum absolute atomic E-state index is 13.2. The summed E-state index contributed by atoms with van der Waals surface area (Å²) in [6.07, 6.45) is 0.554. The first-order valence-electron chi connectivity index (χ1n) is 11.2. The molecule has 0 unspecified atom stereocenters. The number of nitrogens with one attached hydrogen (secondary N) is 3. The van der Waals surface area contributed by atoms with Gasteiger partial charge in [-0.1, -0.05) is 0 Å². The van der Waals surface area contributed by atoms with Crippen LogP contribution in [0.4, 0.5) is 17.1 Å². The van der Waals surface area contributed by atoms with Crippen LogP contribution in [0.3, 0.4) is 0 Å². The summed E-state index contributed by atoms with van der Waals surface area (Å²) in [5, 5.41) is 0. The van der Waals surface area contributed by atoms with Crippen molar-refractivity contribution in [2.24, 2.45) is 0 Å². The fraction of sp³-hybridized carbons (Fsp3) is 0.0526. The van der Waals surface area contributed by atoms with Gasteiger partial charge in [-0.3, -0.25) is 14.2 Å². The van der Waals surface area contributed by atoms with Crippen LogP contribution >= 0.6 is 0 Å². The number of sulfonamides is 3. The van der Waals surface area contributed by atoms with Crippen LogP contribution in [0.2, 0.25) is 0 Å². The molecule has 0 atom stereocenters. The van der Waals surface area contributed by atoms with Gasteiger partial charge < -0.3 is 18.2 Å². The molecule has 0 bridgehead atoms. The molecule has 0 fully saturated rings. The van der Waals surface area contributed by atoms with Gasteiger partial charge in [-0.25, -0.2) is 58.9 Å². The molecule has 0 spiro atoms.